The van der Waals surface area contributed by atoms with Crippen molar-refractivity contribution in [1.82, 2.24) is 0 Å². The molecular formula is C12H20BrNO4. The van der Waals surface area contributed by atoms with Gasteiger partial charge in [0.2, 0.25) is 0 Å². The molecule has 104 valence electrons. The van der Waals surface area contributed by atoms with Gasteiger partial charge in [-0.05, 0) is 15.9 Å². The molecule has 0 atom stereocenters. The van der Waals surface area contributed by atoms with Crippen molar-refractivity contribution in [3.8, 4) is 11.5 Å². The third-order valence-electron chi connectivity index (χ3n) is 1.65. The van der Waals surface area contributed by atoms with Crippen LogP contribution in [0, 0.1) is 10.1 Å². The molecule has 0 bridgehead atoms. The van der Waals surface area contributed by atoms with Crippen molar-refractivity contribution < 1.29 is 14.4 Å². The highest BCUT2D eigenvalue weighted by Crippen LogP contribution is 2.37. The van der Waals surface area contributed by atoms with Crippen molar-refractivity contribution in [1.29, 1.82) is 0 Å². The number of benzene rings is 1. The van der Waals surface area contributed by atoms with E-state index in [-0.39, 0.29) is 5.69 Å². The monoisotopic (exact) mass is 321 g/mol. The van der Waals surface area contributed by atoms with E-state index < -0.39 is 4.92 Å². The fourth-order valence-corrected chi connectivity index (χ4v) is 1.45. The van der Waals surface area contributed by atoms with Crippen molar-refractivity contribution in [3.63, 3.8) is 0 Å². The Labute approximate surface area is 116 Å². The van der Waals surface area contributed by atoms with Crippen molar-refractivity contribution in [2.24, 2.45) is 0 Å². The van der Waals surface area contributed by atoms with Crippen molar-refractivity contribution in [2.45, 2.75) is 27.7 Å². The Morgan fingerprint density at radius 3 is 1.78 bits per heavy atom. The van der Waals surface area contributed by atoms with Crippen LogP contribution in [0.1, 0.15) is 27.7 Å². The molecule has 0 N–H and O–H groups in total. The largest absolute Gasteiger partial charge is 0.493 e. The third-order valence-corrected chi connectivity index (χ3v) is 2.28. The molecule has 1 aromatic carbocycles. The average Bonchev–Trinajstić information content (AvgIpc) is 2.42. The summed E-state index contributed by atoms with van der Waals surface area (Å²) >= 11 is 3.07. The molecule has 0 heterocycles. The highest BCUT2D eigenvalue weighted by Gasteiger charge is 2.17. The second kappa shape index (κ2) is 10.8. The second-order valence-electron chi connectivity index (χ2n) is 2.42. The van der Waals surface area contributed by atoms with Crippen LogP contribution in [-0.4, -0.2) is 19.1 Å². The lowest BCUT2D eigenvalue weighted by atomic mass is 10.3. The number of nitrogens with zero attached hydrogens (tertiary/aromatic N) is 1. The predicted octanol–water partition coefficient (Wildman–Crippen LogP) is 4.43. The fraction of sp³-hybridized carbons (Fsp3) is 0.500. The van der Waals surface area contributed by atoms with E-state index in [4.69, 9.17) is 9.47 Å². The molecule has 0 saturated carbocycles. The number of halogens is 1. The summed E-state index contributed by atoms with van der Waals surface area (Å²) in [6, 6.07) is 2.81. The Morgan fingerprint density at radius 2 is 1.44 bits per heavy atom. The summed E-state index contributed by atoms with van der Waals surface area (Å²) in [4.78, 5) is 10.1. The number of rotatable bonds is 3. The standard InChI is InChI=1S/C8H8BrNO4.2C2H6/c1-13-7-3-5(9)6(10(11)12)4-8(7)14-2;2*1-2/h3-4H,1-2H3;2*1-2H3. The smallest absolute Gasteiger partial charge is 0.287 e. The lowest BCUT2D eigenvalue weighted by Gasteiger charge is -2.07. The summed E-state index contributed by atoms with van der Waals surface area (Å²) in [5, 5.41) is 10.6. The lowest BCUT2D eigenvalue weighted by molar-refractivity contribution is -0.385. The van der Waals surface area contributed by atoms with Gasteiger partial charge in [0, 0.05) is 6.07 Å². The Hall–Kier alpha value is -1.30. The normalized spacial score (nSPS) is 8.17. The summed E-state index contributed by atoms with van der Waals surface area (Å²) in [6.45, 7) is 8.00. The van der Waals surface area contributed by atoms with E-state index in [9.17, 15) is 10.1 Å². The van der Waals surface area contributed by atoms with Gasteiger partial charge in [0.05, 0.1) is 29.7 Å². The van der Waals surface area contributed by atoms with Gasteiger partial charge in [0.25, 0.3) is 5.69 Å². The van der Waals surface area contributed by atoms with E-state index in [2.05, 4.69) is 15.9 Å². The zero-order chi connectivity index (χ0) is 14.7. The molecule has 0 saturated heterocycles. The molecule has 0 aliphatic heterocycles. The molecular weight excluding hydrogens is 302 g/mol. The topological polar surface area (TPSA) is 61.6 Å². The summed E-state index contributed by atoms with van der Waals surface area (Å²) in [7, 11) is 2.89. The average molecular weight is 322 g/mol. The van der Waals surface area contributed by atoms with Gasteiger partial charge < -0.3 is 9.47 Å². The molecule has 0 aliphatic rings. The molecule has 1 aromatic rings. The van der Waals surface area contributed by atoms with Gasteiger partial charge >= 0.3 is 0 Å². The van der Waals surface area contributed by atoms with Gasteiger partial charge in [-0.15, -0.1) is 0 Å². The number of hydrogen-bond acceptors (Lipinski definition) is 4. The van der Waals surface area contributed by atoms with Crippen LogP contribution in [0.5, 0.6) is 11.5 Å². The van der Waals surface area contributed by atoms with E-state index >= 15 is 0 Å². The van der Waals surface area contributed by atoms with Gasteiger partial charge in [0.15, 0.2) is 11.5 Å². The minimum absolute atomic E-state index is 0.0531. The molecule has 0 radical (unpaired) electrons. The van der Waals surface area contributed by atoms with E-state index in [0.29, 0.717) is 16.0 Å². The van der Waals surface area contributed by atoms with Gasteiger partial charge in [-0.25, -0.2) is 0 Å². The molecule has 0 amide bonds. The fourth-order valence-electron chi connectivity index (χ4n) is 0.983. The van der Waals surface area contributed by atoms with Crippen LogP contribution in [0.25, 0.3) is 0 Å². The summed E-state index contributed by atoms with van der Waals surface area (Å²) in [5.74, 6) is 0.785. The summed E-state index contributed by atoms with van der Waals surface area (Å²) < 4.78 is 10.3. The summed E-state index contributed by atoms with van der Waals surface area (Å²) in [6.07, 6.45) is 0. The first kappa shape index (κ1) is 19.0. The van der Waals surface area contributed by atoms with Crippen LogP contribution >= 0.6 is 15.9 Å². The van der Waals surface area contributed by atoms with Gasteiger partial charge in [-0.1, -0.05) is 27.7 Å². The molecule has 6 heteroatoms. The minimum atomic E-state index is -0.494. The molecule has 5 nitrogen and oxygen atoms in total. The maximum Gasteiger partial charge on any atom is 0.287 e. The maximum absolute atomic E-state index is 10.6. The molecule has 0 unspecified atom stereocenters. The van der Waals surface area contributed by atoms with E-state index in [1.807, 2.05) is 27.7 Å². The Bertz CT molecular complexity index is 369. The number of hydrogen-bond donors (Lipinski definition) is 0. The van der Waals surface area contributed by atoms with E-state index in [1.165, 1.54) is 26.4 Å². The van der Waals surface area contributed by atoms with Crippen molar-refractivity contribution >= 4 is 21.6 Å². The highest BCUT2D eigenvalue weighted by atomic mass is 79.9. The van der Waals surface area contributed by atoms with Gasteiger partial charge in [-0.3, -0.25) is 10.1 Å². The third kappa shape index (κ3) is 5.35. The predicted molar refractivity (Wildman–Crippen MR) is 76.6 cm³/mol. The Kier molecular flexibility index (Phi) is 11.5. The first-order valence-electron chi connectivity index (χ1n) is 5.66. The first-order chi connectivity index (χ1) is 8.60. The zero-order valence-electron chi connectivity index (χ0n) is 11.6. The molecule has 0 aliphatic carbocycles. The lowest BCUT2D eigenvalue weighted by Crippen LogP contribution is -1.94. The van der Waals surface area contributed by atoms with Crippen LogP contribution in [0.4, 0.5) is 5.69 Å². The van der Waals surface area contributed by atoms with Crippen LogP contribution in [0.15, 0.2) is 16.6 Å². The number of nitro benzene ring substituents is 1. The van der Waals surface area contributed by atoms with E-state index in [1.54, 1.807) is 0 Å². The van der Waals surface area contributed by atoms with Crippen molar-refractivity contribution in [2.75, 3.05) is 14.2 Å². The second-order valence-corrected chi connectivity index (χ2v) is 3.27. The number of ether oxygens (including phenoxy) is 2. The van der Waals surface area contributed by atoms with E-state index in [0.717, 1.165) is 0 Å². The number of nitro groups is 1. The van der Waals surface area contributed by atoms with Crippen LogP contribution in [0.3, 0.4) is 0 Å². The van der Waals surface area contributed by atoms with Gasteiger partial charge in [-0.2, -0.15) is 0 Å². The molecule has 0 fully saturated rings. The van der Waals surface area contributed by atoms with Crippen LogP contribution in [0.2, 0.25) is 0 Å². The highest BCUT2D eigenvalue weighted by molar-refractivity contribution is 9.10. The summed E-state index contributed by atoms with van der Waals surface area (Å²) in [5.41, 5.74) is -0.0531. The van der Waals surface area contributed by atoms with Crippen molar-refractivity contribution in [3.05, 3.63) is 26.7 Å². The molecule has 18 heavy (non-hydrogen) atoms. The van der Waals surface area contributed by atoms with Crippen LogP contribution < -0.4 is 9.47 Å². The Balaban J connectivity index is 0. The van der Waals surface area contributed by atoms with Gasteiger partial charge in [0.1, 0.15) is 0 Å². The SMILES string of the molecule is CC.CC.COc1cc(Br)c([N+](=O)[O-])cc1OC. The minimum Gasteiger partial charge on any atom is -0.493 e. The Morgan fingerprint density at radius 1 is 1.06 bits per heavy atom. The zero-order valence-corrected chi connectivity index (χ0v) is 13.2. The molecule has 0 aromatic heterocycles. The maximum atomic E-state index is 10.6. The van der Waals surface area contributed by atoms with Crippen LogP contribution in [-0.2, 0) is 0 Å². The number of methoxy groups -OCH3 is 2. The molecule has 1 rings (SSSR count). The quantitative estimate of drug-likeness (QED) is 0.610. The molecule has 0 spiro atoms. The first-order valence-corrected chi connectivity index (χ1v) is 6.45.